The lowest BCUT2D eigenvalue weighted by molar-refractivity contribution is -0.139. The molecule has 0 aromatic rings. The molecule has 1 rings (SSSR count). The third kappa shape index (κ3) is 2.07. The number of nitrogens with two attached hydrogens (primary N) is 1. The van der Waals surface area contributed by atoms with Gasteiger partial charge in [0.05, 0.1) is 11.5 Å². The van der Waals surface area contributed by atoms with Gasteiger partial charge in [0.2, 0.25) is 5.91 Å². The number of nitrogens with zero attached hydrogens (tertiary/aromatic N) is 1. The number of amides is 1. The highest BCUT2D eigenvalue weighted by molar-refractivity contribution is 5.82. The minimum absolute atomic E-state index is 0.0448. The molecule has 0 aromatic heterocycles. The Hall–Kier alpha value is -0.610. The minimum Gasteiger partial charge on any atom is -0.391 e. The topological polar surface area (TPSA) is 66.6 Å². The first-order valence-electron chi connectivity index (χ1n) is 5.06. The van der Waals surface area contributed by atoms with Crippen LogP contribution in [0, 0.1) is 11.3 Å². The smallest absolute Gasteiger partial charge is 0.229 e. The number of carbonyl (C=O) groups excluding carboxylic acids is 1. The number of aliphatic hydroxyl groups excluding tert-OH is 1. The van der Waals surface area contributed by atoms with Gasteiger partial charge in [-0.25, -0.2) is 0 Å². The van der Waals surface area contributed by atoms with Gasteiger partial charge in [-0.15, -0.1) is 0 Å². The Morgan fingerprint density at radius 3 is 2.50 bits per heavy atom. The van der Waals surface area contributed by atoms with Gasteiger partial charge >= 0.3 is 0 Å². The number of β-amino-alcohol motifs (C(OH)–C–C–N with tert-alkyl or cyclic N) is 1. The summed E-state index contributed by atoms with van der Waals surface area (Å²) in [6.07, 6.45) is -0.382. The fourth-order valence-electron chi connectivity index (χ4n) is 1.63. The predicted octanol–water partition coefficient (Wildman–Crippen LogP) is -0.189. The zero-order chi connectivity index (χ0) is 10.9. The van der Waals surface area contributed by atoms with Crippen LogP contribution in [0.2, 0.25) is 0 Å². The molecule has 0 aliphatic carbocycles. The quantitative estimate of drug-likeness (QED) is 0.649. The first-order valence-corrected chi connectivity index (χ1v) is 5.06. The fourth-order valence-corrected chi connectivity index (χ4v) is 1.63. The fraction of sp³-hybridized carbons (Fsp3) is 0.900. The summed E-state index contributed by atoms with van der Waals surface area (Å²) in [5.74, 6) is 0.218. The second-order valence-corrected chi connectivity index (χ2v) is 4.84. The second kappa shape index (κ2) is 3.87. The molecule has 1 fully saturated rings. The van der Waals surface area contributed by atoms with E-state index in [4.69, 9.17) is 5.73 Å². The van der Waals surface area contributed by atoms with Gasteiger partial charge in [0.25, 0.3) is 0 Å². The molecule has 4 heteroatoms. The minimum atomic E-state index is -0.510. The number of likely N-dealkylation sites (tertiary alicyclic amines) is 1. The van der Waals surface area contributed by atoms with E-state index in [2.05, 4.69) is 0 Å². The van der Waals surface area contributed by atoms with Crippen molar-refractivity contribution in [1.29, 1.82) is 0 Å². The van der Waals surface area contributed by atoms with E-state index in [-0.39, 0.29) is 17.9 Å². The summed E-state index contributed by atoms with van der Waals surface area (Å²) >= 11 is 0. The highest BCUT2D eigenvalue weighted by Gasteiger charge is 2.37. The third-order valence-electron chi connectivity index (χ3n) is 2.95. The molecule has 0 radical (unpaired) electrons. The molecule has 1 aliphatic rings. The van der Waals surface area contributed by atoms with Crippen LogP contribution in [0.1, 0.15) is 20.8 Å². The largest absolute Gasteiger partial charge is 0.391 e. The van der Waals surface area contributed by atoms with Crippen molar-refractivity contribution >= 4 is 5.91 Å². The molecule has 0 aromatic carbocycles. The SMILES string of the molecule is CC1CN(C(=O)C(C)(C)CN)CC1O. The maximum atomic E-state index is 11.9. The molecule has 82 valence electrons. The molecule has 2 unspecified atom stereocenters. The molecular weight excluding hydrogens is 180 g/mol. The van der Waals surface area contributed by atoms with E-state index in [1.54, 1.807) is 4.90 Å². The monoisotopic (exact) mass is 200 g/mol. The van der Waals surface area contributed by atoms with Crippen molar-refractivity contribution in [1.82, 2.24) is 4.90 Å². The summed E-state index contributed by atoms with van der Waals surface area (Å²) in [5, 5.41) is 9.53. The van der Waals surface area contributed by atoms with E-state index in [1.165, 1.54) is 0 Å². The second-order valence-electron chi connectivity index (χ2n) is 4.84. The first-order chi connectivity index (χ1) is 6.38. The molecule has 4 nitrogen and oxygen atoms in total. The Bertz CT molecular complexity index is 218. The number of aliphatic hydroxyl groups is 1. The zero-order valence-corrected chi connectivity index (χ0v) is 9.16. The van der Waals surface area contributed by atoms with E-state index >= 15 is 0 Å². The summed E-state index contributed by atoms with van der Waals surface area (Å²) in [7, 11) is 0. The van der Waals surface area contributed by atoms with Crippen LogP contribution in [-0.2, 0) is 4.79 Å². The van der Waals surface area contributed by atoms with Gasteiger partial charge in [0.15, 0.2) is 0 Å². The van der Waals surface area contributed by atoms with Gasteiger partial charge in [-0.1, -0.05) is 6.92 Å². The van der Waals surface area contributed by atoms with Crippen LogP contribution < -0.4 is 5.73 Å². The molecule has 3 N–H and O–H groups in total. The van der Waals surface area contributed by atoms with Crippen LogP contribution in [-0.4, -0.2) is 41.7 Å². The summed E-state index contributed by atoms with van der Waals surface area (Å²) in [6, 6.07) is 0. The Kier molecular flexibility index (Phi) is 3.17. The van der Waals surface area contributed by atoms with E-state index in [9.17, 15) is 9.90 Å². The van der Waals surface area contributed by atoms with Gasteiger partial charge < -0.3 is 15.7 Å². The Morgan fingerprint density at radius 2 is 2.14 bits per heavy atom. The third-order valence-corrected chi connectivity index (χ3v) is 2.95. The number of rotatable bonds is 2. The molecule has 1 heterocycles. The Labute approximate surface area is 85.1 Å². The molecule has 2 atom stereocenters. The van der Waals surface area contributed by atoms with Crippen molar-refractivity contribution in [2.45, 2.75) is 26.9 Å². The maximum absolute atomic E-state index is 11.9. The first kappa shape index (κ1) is 11.5. The Morgan fingerprint density at radius 1 is 1.57 bits per heavy atom. The zero-order valence-electron chi connectivity index (χ0n) is 9.16. The summed E-state index contributed by atoms with van der Waals surface area (Å²) in [5.41, 5.74) is 5.02. The van der Waals surface area contributed by atoms with Crippen LogP contribution >= 0.6 is 0 Å². The van der Waals surface area contributed by atoms with Crippen molar-refractivity contribution in [2.24, 2.45) is 17.1 Å². The highest BCUT2D eigenvalue weighted by Crippen LogP contribution is 2.23. The lowest BCUT2D eigenvalue weighted by atomic mass is 9.92. The van der Waals surface area contributed by atoms with Crippen molar-refractivity contribution in [3.63, 3.8) is 0 Å². The van der Waals surface area contributed by atoms with Gasteiger partial charge in [-0.3, -0.25) is 4.79 Å². The molecule has 0 spiro atoms. The van der Waals surface area contributed by atoms with Gasteiger partial charge in [0.1, 0.15) is 0 Å². The van der Waals surface area contributed by atoms with E-state index in [0.717, 1.165) is 0 Å². The standard InChI is InChI=1S/C10H20N2O2/c1-7-4-12(5-8(7)13)9(14)10(2,3)6-11/h7-8,13H,4-6,11H2,1-3H3. The van der Waals surface area contributed by atoms with Crippen molar-refractivity contribution in [3.05, 3.63) is 0 Å². The Balaban J connectivity index is 2.64. The maximum Gasteiger partial charge on any atom is 0.229 e. The molecule has 14 heavy (non-hydrogen) atoms. The average molecular weight is 200 g/mol. The summed E-state index contributed by atoms with van der Waals surface area (Å²) in [4.78, 5) is 13.6. The molecular formula is C10H20N2O2. The predicted molar refractivity (Wildman–Crippen MR) is 54.6 cm³/mol. The molecule has 1 aliphatic heterocycles. The van der Waals surface area contributed by atoms with Crippen molar-refractivity contribution in [2.75, 3.05) is 19.6 Å². The normalized spacial score (nSPS) is 28.2. The summed E-state index contributed by atoms with van der Waals surface area (Å²) in [6.45, 7) is 7.06. The van der Waals surface area contributed by atoms with Crippen LogP contribution in [0.5, 0.6) is 0 Å². The average Bonchev–Trinajstić information content (AvgIpc) is 2.45. The number of carbonyl (C=O) groups is 1. The van der Waals surface area contributed by atoms with E-state index in [0.29, 0.717) is 19.6 Å². The molecule has 0 bridgehead atoms. The van der Waals surface area contributed by atoms with Crippen molar-refractivity contribution in [3.8, 4) is 0 Å². The van der Waals surface area contributed by atoms with Crippen LogP contribution in [0.25, 0.3) is 0 Å². The highest BCUT2D eigenvalue weighted by atomic mass is 16.3. The van der Waals surface area contributed by atoms with Crippen LogP contribution in [0.15, 0.2) is 0 Å². The van der Waals surface area contributed by atoms with E-state index in [1.807, 2.05) is 20.8 Å². The molecule has 1 amide bonds. The summed E-state index contributed by atoms with van der Waals surface area (Å²) < 4.78 is 0. The lowest BCUT2D eigenvalue weighted by Crippen LogP contribution is -2.44. The number of hydrogen-bond acceptors (Lipinski definition) is 3. The van der Waals surface area contributed by atoms with Gasteiger partial charge in [-0.05, 0) is 13.8 Å². The van der Waals surface area contributed by atoms with Crippen LogP contribution in [0.3, 0.4) is 0 Å². The molecule has 0 saturated carbocycles. The van der Waals surface area contributed by atoms with Crippen LogP contribution in [0.4, 0.5) is 0 Å². The van der Waals surface area contributed by atoms with Crippen molar-refractivity contribution < 1.29 is 9.90 Å². The van der Waals surface area contributed by atoms with Gasteiger partial charge in [0, 0.05) is 25.6 Å². The van der Waals surface area contributed by atoms with E-state index < -0.39 is 5.41 Å². The number of hydrogen-bond donors (Lipinski definition) is 2. The lowest BCUT2D eigenvalue weighted by Gasteiger charge is -2.27. The molecule has 1 saturated heterocycles. The van der Waals surface area contributed by atoms with Gasteiger partial charge in [-0.2, -0.15) is 0 Å².